The summed E-state index contributed by atoms with van der Waals surface area (Å²) in [5, 5.41) is 12.0. The predicted octanol–water partition coefficient (Wildman–Crippen LogP) is 2.69. The van der Waals surface area contributed by atoms with E-state index in [4.69, 9.17) is 4.74 Å². The Hall–Kier alpha value is -1.72. The second-order valence-electron chi connectivity index (χ2n) is 7.36. The van der Waals surface area contributed by atoms with Crippen molar-refractivity contribution in [1.82, 2.24) is 9.97 Å². The highest BCUT2D eigenvalue weighted by Gasteiger charge is 2.44. The number of aliphatic hydroxyl groups is 1. The monoisotopic (exact) mass is 327 g/mol. The van der Waals surface area contributed by atoms with Gasteiger partial charge in [-0.1, -0.05) is 12.1 Å². The molecule has 0 aliphatic carbocycles. The smallest absolute Gasteiger partial charge is 0.140 e. The number of anilines is 1. The molecule has 1 aromatic carbocycles. The van der Waals surface area contributed by atoms with Crippen LogP contribution >= 0.6 is 0 Å². The molecule has 128 valence electrons. The molecule has 0 bridgehead atoms. The zero-order chi connectivity index (χ0) is 16.7. The summed E-state index contributed by atoms with van der Waals surface area (Å²) in [5.41, 5.74) is 1.50. The van der Waals surface area contributed by atoms with Gasteiger partial charge in [0.25, 0.3) is 0 Å². The summed E-state index contributed by atoms with van der Waals surface area (Å²) in [5.74, 6) is 1.12. The third-order valence-corrected chi connectivity index (χ3v) is 5.74. The van der Waals surface area contributed by atoms with Crippen LogP contribution < -0.4 is 4.90 Å². The summed E-state index contributed by atoms with van der Waals surface area (Å²) in [6, 6.07) is 6.45. The Morgan fingerprint density at radius 3 is 3.04 bits per heavy atom. The van der Waals surface area contributed by atoms with Gasteiger partial charge in [0.15, 0.2) is 0 Å². The first-order valence-electron chi connectivity index (χ1n) is 8.85. The molecule has 2 saturated heterocycles. The molecule has 0 saturated carbocycles. The number of hydrogen-bond donors (Lipinski definition) is 1. The van der Waals surface area contributed by atoms with Crippen molar-refractivity contribution in [2.75, 3.05) is 24.7 Å². The fraction of sp³-hybridized carbons (Fsp3) is 0.579. The highest BCUT2D eigenvalue weighted by molar-refractivity contribution is 5.92. The first-order valence-corrected chi connectivity index (χ1v) is 8.85. The number of aryl methyl sites for hydroxylation is 1. The Kier molecular flexibility index (Phi) is 3.93. The molecule has 2 fully saturated rings. The first kappa shape index (κ1) is 15.8. The number of fused-ring (bicyclic) bond motifs is 1. The lowest BCUT2D eigenvalue weighted by molar-refractivity contribution is -0.108. The van der Waals surface area contributed by atoms with E-state index in [0.717, 1.165) is 36.1 Å². The van der Waals surface area contributed by atoms with Crippen molar-refractivity contribution in [3.8, 4) is 0 Å². The van der Waals surface area contributed by atoms with Crippen molar-refractivity contribution >= 4 is 16.7 Å². The Labute approximate surface area is 142 Å². The molecule has 0 radical (unpaired) electrons. The van der Waals surface area contributed by atoms with Crippen molar-refractivity contribution < 1.29 is 9.84 Å². The van der Waals surface area contributed by atoms with Crippen LogP contribution in [0.5, 0.6) is 0 Å². The minimum absolute atomic E-state index is 0.114. The van der Waals surface area contributed by atoms with Crippen LogP contribution in [-0.2, 0) is 4.74 Å². The number of nitrogens with zero attached hydrogens (tertiary/aromatic N) is 3. The average Bonchev–Trinajstić information content (AvgIpc) is 3.03. The number of rotatable bonds is 2. The average molecular weight is 327 g/mol. The maximum Gasteiger partial charge on any atom is 0.140 e. The lowest BCUT2D eigenvalue weighted by Crippen LogP contribution is -2.52. The van der Waals surface area contributed by atoms with Crippen molar-refractivity contribution in [2.24, 2.45) is 5.92 Å². The number of ether oxygens (including phenoxy) is 1. The topological polar surface area (TPSA) is 58.5 Å². The fourth-order valence-electron chi connectivity index (χ4n) is 4.33. The van der Waals surface area contributed by atoms with E-state index in [2.05, 4.69) is 27.9 Å². The molecule has 5 heteroatoms. The van der Waals surface area contributed by atoms with Gasteiger partial charge in [0.05, 0.1) is 17.7 Å². The van der Waals surface area contributed by atoms with E-state index in [9.17, 15) is 5.11 Å². The molecule has 2 aromatic rings. The molecule has 2 aliphatic heterocycles. The number of hydrogen-bond acceptors (Lipinski definition) is 5. The highest BCUT2D eigenvalue weighted by atomic mass is 16.5. The zero-order valence-electron chi connectivity index (χ0n) is 14.4. The van der Waals surface area contributed by atoms with E-state index in [1.807, 2.05) is 19.1 Å². The van der Waals surface area contributed by atoms with E-state index < -0.39 is 5.60 Å². The summed E-state index contributed by atoms with van der Waals surface area (Å²) in [6.07, 6.45) is 4.55. The van der Waals surface area contributed by atoms with Crippen LogP contribution in [0.1, 0.15) is 31.7 Å². The van der Waals surface area contributed by atoms with E-state index in [1.54, 1.807) is 6.33 Å². The number of aromatic nitrogens is 2. The van der Waals surface area contributed by atoms with Gasteiger partial charge in [0, 0.05) is 30.5 Å². The van der Waals surface area contributed by atoms with E-state index >= 15 is 0 Å². The molecular formula is C19H25N3O2. The summed E-state index contributed by atoms with van der Waals surface area (Å²) >= 11 is 0. The maximum atomic E-state index is 10.9. The minimum atomic E-state index is -0.677. The third-order valence-electron chi connectivity index (χ3n) is 5.74. The van der Waals surface area contributed by atoms with Gasteiger partial charge in [-0.3, -0.25) is 0 Å². The lowest BCUT2D eigenvalue weighted by atomic mass is 9.79. The summed E-state index contributed by atoms with van der Waals surface area (Å²) in [7, 11) is 0. The minimum Gasteiger partial charge on any atom is -0.390 e. The molecule has 24 heavy (non-hydrogen) atoms. The van der Waals surface area contributed by atoms with Crippen LogP contribution in [0.3, 0.4) is 0 Å². The van der Waals surface area contributed by atoms with Crippen molar-refractivity contribution in [2.45, 2.75) is 44.8 Å². The van der Waals surface area contributed by atoms with Crippen LogP contribution in [0.2, 0.25) is 0 Å². The molecule has 3 atom stereocenters. The highest BCUT2D eigenvalue weighted by Crippen LogP contribution is 2.39. The number of benzene rings is 1. The third kappa shape index (κ3) is 2.56. The molecule has 1 N–H and O–H groups in total. The van der Waals surface area contributed by atoms with E-state index in [1.165, 1.54) is 5.56 Å². The standard InChI is InChI=1S/C19H25N3O2/c1-13-5-3-6-15-17(13)18(21-12-20-15)22-9-4-7-16(22)14-11-24-10-8-19(14,2)23/h3,5-6,12,14,16,23H,4,7-11H2,1-2H3/t14-,16+,19+/m0/s1. The van der Waals surface area contributed by atoms with Crippen LogP contribution in [0, 0.1) is 12.8 Å². The van der Waals surface area contributed by atoms with Crippen LogP contribution in [0.15, 0.2) is 24.5 Å². The molecule has 0 amide bonds. The normalized spacial score (nSPS) is 30.9. The first-order chi connectivity index (χ1) is 11.6. The van der Waals surface area contributed by atoms with Gasteiger partial charge in [0.2, 0.25) is 0 Å². The molecule has 1 aromatic heterocycles. The Morgan fingerprint density at radius 2 is 2.21 bits per heavy atom. The van der Waals surface area contributed by atoms with Gasteiger partial charge >= 0.3 is 0 Å². The quantitative estimate of drug-likeness (QED) is 0.919. The predicted molar refractivity (Wildman–Crippen MR) is 94.2 cm³/mol. The summed E-state index contributed by atoms with van der Waals surface area (Å²) in [4.78, 5) is 11.4. The summed E-state index contributed by atoms with van der Waals surface area (Å²) in [6.45, 7) is 6.31. The summed E-state index contributed by atoms with van der Waals surface area (Å²) < 4.78 is 5.71. The lowest BCUT2D eigenvalue weighted by Gasteiger charge is -2.43. The maximum absolute atomic E-state index is 10.9. The van der Waals surface area contributed by atoms with Gasteiger partial charge in [-0.25, -0.2) is 9.97 Å². The van der Waals surface area contributed by atoms with E-state index in [-0.39, 0.29) is 12.0 Å². The molecule has 4 rings (SSSR count). The second-order valence-corrected chi connectivity index (χ2v) is 7.36. The molecule has 5 nitrogen and oxygen atoms in total. The van der Waals surface area contributed by atoms with Crippen molar-refractivity contribution in [1.29, 1.82) is 0 Å². The molecule has 3 heterocycles. The Balaban J connectivity index is 1.76. The largest absolute Gasteiger partial charge is 0.390 e. The van der Waals surface area contributed by atoms with Crippen LogP contribution in [0.4, 0.5) is 5.82 Å². The SMILES string of the molecule is Cc1cccc2ncnc(N3CCC[C@@H]3[C@@H]3COCC[C@@]3(C)O)c12. The molecule has 2 aliphatic rings. The van der Waals surface area contributed by atoms with Crippen molar-refractivity contribution in [3.05, 3.63) is 30.1 Å². The van der Waals surface area contributed by atoms with Gasteiger partial charge < -0.3 is 14.7 Å². The van der Waals surface area contributed by atoms with Gasteiger partial charge in [-0.15, -0.1) is 0 Å². The van der Waals surface area contributed by atoms with Gasteiger partial charge in [0.1, 0.15) is 12.1 Å². The van der Waals surface area contributed by atoms with Gasteiger partial charge in [-0.05, 0) is 44.7 Å². The van der Waals surface area contributed by atoms with E-state index in [0.29, 0.717) is 19.6 Å². The molecular weight excluding hydrogens is 302 g/mol. The zero-order valence-corrected chi connectivity index (χ0v) is 14.4. The van der Waals surface area contributed by atoms with Gasteiger partial charge in [-0.2, -0.15) is 0 Å². The van der Waals surface area contributed by atoms with Crippen LogP contribution in [0.25, 0.3) is 10.9 Å². The molecule has 0 spiro atoms. The Morgan fingerprint density at radius 1 is 1.33 bits per heavy atom. The Bertz CT molecular complexity index is 741. The second kappa shape index (κ2) is 5.97. The molecule has 0 unspecified atom stereocenters. The van der Waals surface area contributed by atoms with Crippen molar-refractivity contribution in [3.63, 3.8) is 0 Å². The van der Waals surface area contributed by atoms with Crippen LogP contribution in [-0.4, -0.2) is 46.5 Å². The fourth-order valence-corrected chi connectivity index (χ4v) is 4.33.